The van der Waals surface area contributed by atoms with Crippen molar-refractivity contribution in [2.75, 3.05) is 54.9 Å². The van der Waals surface area contributed by atoms with E-state index in [1.807, 2.05) is 38.1 Å². The topological polar surface area (TPSA) is 160 Å². The molecule has 0 spiro atoms. The summed E-state index contributed by atoms with van der Waals surface area (Å²) in [7, 11) is 6.31. The molecule has 0 aliphatic carbocycles. The third kappa shape index (κ3) is 15.4. The van der Waals surface area contributed by atoms with Crippen LogP contribution in [0.15, 0.2) is 72.8 Å². The lowest BCUT2D eigenvalue weighted by Crippen LogP contribution is -2.18. The number of ether oxygens (including phenoxy) is 8. The molecule has 0 amide bonds. The largest absolute Gasteiger partial charge is 0.496 e. The lowest BCUT2D eigenvalue weighted by Gasteiger charge is -2.16. The fourth-order valence-corrected chi connectivity index (χ4v) is 7.16. The Bertz CT molecular complexity index is 1910. The van der Waals surface area contributed by atoms with E-state index in [0.717, 1.165) is 31.7 Å². The average Bonchev–Trinajstić information content (AvgIpc) is 3.92. The smallest absolute Gasteiger partial charge is 0.331 e. The molecule has 12 nitrogen and oxygen atoms in total. The zero-order valence-electron chi connectivity index (χ0n) is 33.5. The highest BCUT2D eigenvalue weighted by Gasteiger charge is 2.17. The summed E-state index contributed by atoms with van der Waals surface area (Å²) in [6, 6.07) is 17.8. The first-order chi connectivity index (χ1) is 28.0. The van der Waals surface area contributed by atoms with Crippen molar-refractivity contribution in [3.8, 4) is 58.2 Å². The van der Waals surface area contributed by atoms with Gasteiger partial charge >= 0.3 is 11.9 Å². The monoisotopic (exact) mass is 830 g/mol. The molecule has 2 aromatic heterocycles. The van der Waals surface area contributed by atoms with Crippen molar-refractivity contribution in [3.05, 3.63) is 92.3 Å². The summed E-state index contributed by atoms with van der Waals surface area (Å²) in [6.45, 7) is 4.56. The molecular weight excluding hydrogens is 781 g/mol. The predicted octanol–water partition coefficient (Wildman–Crippen LogP) is 7.10. The number of thiophene rings is 2. The van der Waals surface area contributed by atoms with Crippen LogP contribution in [0.5, 0.6) is 34.5 Å². The van der Waals surface area contributed by atoms with Crippen LogP contribution < -0.4 is 39.9 Å². The fraction of sp³-hybridized carbons (Fsp3) is 0.364. The van der Waals surface area contributed by atoms with Gasteiger partial charge in [-0.25, -0.2) is 9.59 Å². The number of benzene rings is 2. The van der Waals surface area contributed by atoms with Crippen LogP contribution in [0.3, 0.4) is 0 Å². The maximum Gasteiger partial charge on any atom is 0.331 e. The maximum absolute atomic E-state index is 12.3. The van der Waals surface area contributed by atoms with Gasteiger partial charge in [-0.3, -0.25) is 0 Å². The Morgan fingerprint density at radius 1 is 0.586 bits per heavy atom. The molecule has 0 bridgehead atoms. The summed E-state index contributed by atoms with van der Waals surface area (Å²) >= 11 is 3.01. The van der Waals surface area contributed by atoms with E-state index in [4.69, 9.17) is 49.4 Å². The molecule has 4 rings (SSSR count). The van der Waals surface area contributed by atoms with Crippen LogP contribution in [0.25, 0.3) is 0 Å². The van der Waals surface area contributed by atoms with E-state index in [1.165, 1.54) is 22.7 Å². The average molecular weight is 831 g/mol. The minimum atomic E-state index is -0.639. The van der Waals surface area contributed by atoms with Crippen LogP contribution >= 0.6 is 22.7 Å². The van der Waals surface area contributed by atoms with Crippen molar-refractivity contribution >= 4 is 34.6 Å². The Morgan fingerprint density at radius 3 is 1.28 bits per heavy atom. The van der Waals surface area contributed by atoms with E-state index in [1.54, 1.807) is 64.8 Å². The van der Waals surface area contributed by atoms with Gasteiger partial charge in [-0.15, -0.1) is 22.7 Å². The molecule has 4 aromatic rings. The molecular formula is C44H50N2O10S2. The minimum Gasteiger partial charge on any atom is -0.496 e. The number of carbonyl (C=O) groups excluding carboxylic acids is 2. The van der Waals surface area contributed by atoms with Gasteiger partial charge in [-0.1, -0.05) is 37.5 Å². The predicted molar refractivity (Wildman–Crippen MR) is 225 cm³/mol. The summed E-state index contributed by atoms with van der Waals surface area (Å²) in [5.41, 5.74) is 12.9. The number of carbonyl (C=O) groups is 2. The van der Waals surface area contributed by atoms with Crippen molar-refractivity contribution < 1.29 is 47.5 Å². The normalized spacial score (nSPS) is 12.8. The standard InChI is InChI=1S/C44H50N2O10S2/c1-29(19-39(45)41-13-11-37(57-41)9-7-17-53-35-23-31(49-3)21-32(24-35)50-4)27-55-43(47)15-16-44(48)56-28-30(2)20-40(46)42-14-12-38(58-42)10-8-18-54-36-25-33(51-5)22-34(26-36)52-6/h11-16,21-26,29-30,39-40H,17-20,27-28,45-46H2,1-6H3/b16-15+/t29-,30-,39?,40?/m1/s1. The molecule has 58 heavy (non-hydrogen) atoms. The van der Waals surface area contributed by atoms with Crippen LogP contribution in [0.4, 0.5) is 0 Å². The van der Waals surface area contributed by atoms with Gasteiger partial charge in [0.1, 0.15) is 47.7 Å². The minimum absolute atomic E-state index is 0.0236. The van der Waals surface area contributed by atoms with Gasteiger partial charge in [0.2, 0.25) is 0 Å². The number of nitrogens with two attached hydrogens (primary N) is 2. The molecule has 2 aromatic carbocycles. The van der Waals surface area contributed by atoms with Crippen LogP contribution in [0, 0.1) is 35.5 Å². The molecule has 2 unspecified atom stereocenters. The summed E-state index contributed by atoms with van der Waals surface area (Å²) < 4.78 is 43.2. The van der Waals surface area contributed by atoms with E-state index in [-0.39, 0.29) is 50.3 Å². The molecule has 14 heteroatoms. The van der Waals surface area contributed by atoms with Crippen LogP contribution in [0.1, 0.15) is 58.3 Å². The third-order valence-electron chi connectivity index (χ3n) is 8.37. The molecule has 2 heterocycles. The molecule has 0 aliphatic rings. The second-order valence-corrected chi connectivity index (χ2v) is 15.4. The Hall–Kier alpha value is -5.64. The van der Waals surface area contributed by atoms with Crippen molar-refractivity contribution in [3.63, 3.8) is 0 Å². The van der Waals surface area contributed by atoms with Crippen LogP contribution in [-0.4, -0.2) is 66.8 Å². The van der Waals surface area contributed by atoms with E-state index in [0.29, 0.717) is 47.3 Å². The van der Waals surface area contributed by atoms with Gasteiger partial charge in [0.15, 0.2) is 0 Å². The summed E-state index contributed by atoms with van der Waals surface area (Å²) in [5.74, 6) is 14.6. The van der Waals surface area contributed by atoms with E-state index in [9.17, 15) is 9.59 Å². The van der Waals surface area contributed by atoms with E-state index in [2.05, 4.69) is 23.7 Å². The van der Waals surface area contributed by atoms with Gasteiger partial charge in [0, 0.05) is 70.4 Å². The lowest BCUT2D eigenvalue weighted by molar-refractivity contribution is -0.141. The molecule has 308 valence electrons. The van der Waals surface area contributed by atoms with Gasteiger partial charge in [0.25, 0.3) is 0 Å². The second-order valence-electron chi connectivity index (χ2n) is 13.2. The maximum atomic E-state index is 12.3. The summed E-state index contributed by atoms with van der Waals surface area (Å²) in [5, 5.41) is 0. The zero-order valence-corrected chi connectivity index (χ0v) is 35.2. The number of hydrogen-bond acceptors (Lipinski definition) is 14. The molecule has 4 atom stereocenters. The Balaban J connectivity index is 1.10. The number of methoxy groups -OCH3 is 4. The Labute approximate surface area is 348 Å². The lowest BCUT2D eigenvalue weighted by atomic mass is 10.0. The SMILES string of the molecule is COc1cc(OC)cc(OCC#Cc2ccc(C(N)C[C@@H](C)COC(=O)/C=C/C(=O)OC[C@H](C)CC(N)c3ccc(C#CCOc4cc(OC)cc(OC)c4)s3)s2)c1. The number of esters is 2. The zero-order chi connectivity index (χ0) is 41.9. The highest BCUT2D eigenvalue weighted by atomic mass is 32.1. The first-order valence-electron chi connectivity index (χ1n) is 18.4. The number of hydrogen-bond donors (Lipinski definition) is 2. The van der Waals surface area contributed by atoms with Crippen LogP contribution in [-0.2, 0) is 19.1 Å². The molecule has 0 saturated heterocycles. The van der Waals surface area contributed by atoms with Crippen LogP contribution in [0.2, 0.25) is 0 Å². The fourth-order valence-electron chi connectivity index (χ4n) is 5.37. The van der Waals surface area contributed by atoms with Crippen molar-refractivity contribution in [2.45, 2.75) is 38.8 Å². The first-order valence-corrected chi connectivity index (χ1v) is 20.0. The van der Waals surface area contributed by atoms with Crippen molar-refractivity contribution in [1.82, 2.24) is 0 Å². The molecule has 0 saturated carbocycles. The Kier molecular flexibility index (Phi) is 18.3. The van der Waals surface area contributed by atoms with E-state index >= 15 is 0 Å². The molecule has 0 radical (unpaired) electrons. The van der Waals surface area contributed by atoms with Gasteiger partial charge in [0.05, 0.1) is 51.4 Å². The quantitative estimate of drug-likeness (QED) is 0.0530. The number of rotatable bonds is 20. The third-order valence-corrected chi connectivity index (χ3v) is 10.6. The molecule has 0 fully saturated rings. The highest BCUT2D eigenvalue weighted by Crippen LogP contribution is 2.30. The summed E-state index contributed by atoms with van der Waals surface area (Å²) in [4.78, 5) is 28.3. The van der Waals surface area contributed by atoms with E-state index < -0.39 is 11.9 Å². The van der Waals surface area contributed by atoms with Gasteiger partial charge in [-0.2, -0.15) is 0 Å². The van der Waals surface area contributed by atoms with Gasteiger partial charge in [-0.05, 0) is 48.9 Å². The highest BCUT2D eigenvalue weighted by molar-refractivity contribution is 7.12. The van der Waals surface area contributed by atoms with Gasteiger partial charge < -0.3 is 49.4 Å². The Morgan fingerprint density at radius 2 is 0.931 bits per heavy atom. The first kappa shape index (κ1) is 45.1. The van der Waals surface area contributed by atoms with Crippen molar-refractivity contribution in [2.24, 2.45) is 23.3 Å². The summed E-state index contributed by atoms with van der Waals surface area (Å²) in [6.07, 6.45) is 3.31. The second kappa shape index (κ2) is 23.6. The molecule has 0 aliphatic heterocycles. The van der Waals surface area contributed by atoms with Crippen molar-refractivity contribution in [1.29, 1.82) is 0 Å². The molecule has 4 N–H and O–H groups in total.